The van der Waals surface area contributed by atoms with Crippen molar-refractivity contribution >= 4 is 38.4 Å². The molecule has 116 valence electrons. The molecule has 0 unspecified atom stereocenters. The maximum absolute atomic E-state index is 13.0. The number of carbonyl (C=O) groups excluding carboxylic acids is 1. The third kappa shape index (κ3) is 3.65. The summed E-state index contributed by atoms with van der Waals surface area (Å²) in [5, 5.41) is 3.65. The van der Waals surface area contributed by atoms with Crippen molar-refractivity contribution in [3.05, 3.63) is 65.0 Å². The van der Waals surface area contributed by atoms with Crippen LogP contribution in [-0.2, 0) is 4.79 Å². The molecule has 0 radical (unpaired) electrons. The topological polar surface area (TPSA) is 51.2 Å². The minimum absolute atomic E-state index is 0.180. The number of rotatable bonds is 4. The van der Waals surface area contributed by atoms with Gasteiger partial charge in [0.25, 0.3) is 5.91 Å². The molecule has 0 fully saturated rings. The fraction of sp³-hybridized carbons (Fsp3) is 0.0588. The summed E-state index contributed by atoms with van der Waals surface area (Å²) in [7, 11) is 0. The van der Waals surface area contributed by atoms with Gasteiger partial charge in [0.2, 0.25) is 0 Å². The molecule has 3 rings (SSSR count). The largest absolute Gasteiger partial charge is 0.483 e. The van der Waals surface area contributed by atoms with Gasteiger partial charge in [0.05, 0.1) is 15.7 Å². The van der Waals surface area contributed by atoms with Crippen LogP contribution < -0.4 is 10.1 Å². The van der Waals surface area contributed by atoms with E-state index in [1.807, 2.05) is 24.3 Å². The summed E-state index contributed by atoms with van der Waals surface area (Å²) in [4.78, 5) is 16.3. The summed E-state index contributed by atoms with van der Waals surface area (Å²) in [5.74, 6) is -0.282. The Labute approximate surface area is 140 Å². The molecule has 0 saturated carbocycles. The molecule has 0 atom stereocenters. The molecule has 0 aliphatic carbocycles. The van der Waals surface area contributed by atoms with E-state index in [0.717, 1.165) is 10.9 Å². The van der Waals surface area contributed by atoms with Crippen molar-refractivity contribution in [2.24, 2.45) is 0 Å². The first-order valence-electron chi connectivity index (χ1n) is 6.85. The lowest BCUT2D eigenvalue weighted by Gasteiger charge is -2.10. The summed E-state index contributed by atoms with van der Waals surface area (Å²) in [6, 6.07) is 13.2. The number of anilines is 1. The number of ether oxygens (including phenoxy) is 1. The molecule has 23 heavy (non-hydrogen) atoms. The molecule has 1 amide bonds. The number of fused-ring (bicyclic) bond motifs is 1. The van der Waals surface area contributed by atoms with Gasteiger partial charge in [0.1, 0.15) is 11.6 Å². The van der Waals surface area contributed by atoms with Gasteiger partial charge in [-0.15, -0.1) is 0 Å². The summed E-state index contributed by atoms with van der Waals surface area (Å²) in [6.07, 6.45) is 1.70. The van der Waals surface area contributed by atoms with E-state index in [1.165, 1.54) is 18.2 Å². The van der Waals surface area contributed by atoms with Gasteiger partial charge in [0.15, 0.2) is 6.61 Å². The quantitative estimate of drug-likeness (QED) is 0.745. The van der Waals surface area contributed by atoms with Crippen molar-refractivity contribution in [2.75, 3.05) is 11.9 Å². The van der Waals surface area contributed by atoms with E-state index < -0.39 is 0 Å². The summed E-state index contributed by atoms with van der Waals surface area (Å²) in [6.45, 7) is -0.180. The lowest BCUT2D eigenvalue weighted by molar-refractivity contribution is -0.118. The van der Waals surface area contributed by atoms with Gasteiger partial charge < -0.3 is 10.1 Å². The van der Waals surface area contributed by atoms with Gasteiger partial charge in [-0.3, -0.25) is 9.78 Å². The molecule has 0 aliphatic heterocycles. The summed E-state index contributed by atoms with van der Waals surface area (Å²) >= 11 is 3.19. The molecule has 2 aromatic carbocycles. The molecule has 1 N–H and O–H groups in total. The van der Waals surface area contributed by atoms with Crippen molar-refractivity contribution in [3.63, 3.8) is 0 Å². The van der Waals surface area contributed by atoms with Crippen molar-refractivity contribution in [1.82, 2.24) is 4.98 Å². The monoisotopic (exact) mass is 374 g/mol. The van der Waals surface area contributed by atoms with Gasteiger partial charge in [0, 0.05) is 11.6 Å². The van der Waals surface area contributed by atoms with Gasteiger partial charge in [-0.05, 0) is 58.4 Å². The van der Waals surface area contributed by atoms with Crippen LogP contribution in [0.25, 0.3) is 10.9 Å². The van der Waals surface area contributed by atoms with Crippen LogP contribution in [0.5, 0.6) is 5.75 Å². The Morgan fingerprint density at radius 2 is 2.09 bits per heavy atom. The summed E-state index contributed by atoms with van der Waals surface area (Å²) in [5.41, 5.74) is 1.47. The first-order valence-corrected chi connectivity index (χ1v) is 7.64. The predicted molar refractivity (Wildman–Crippen MR) is 90.0 cm³/mol. The van der Waals surface area contributed by atoms with Crippen LogP contribution >= 0.6 is 15.9 Å². The number of amides is 1. The zero-order valence-electron chi connectivity index (χ0n) is 11.9. The van der Waals surface area contributed by atoms with E-state index in [1.54, 1.807) is 12.3 Å². The molecule has 0 spiro atoms. The minimum atomic E-state index is -0.378. The molecule has 0 bridgehead atoms. The fourth-order valence-electron chi connectivity index (χ4n) is 2.13. The second-order valence-corrected chi connectivity index (χ2v) is 5.64. The normalized spacial score (nSPS) is 10.5. The standard InChI is InChI=1S/C17H12BrFN2O2/c18-13-9-11(19)6-7-16(13)23-10-17(22)21-15-5-1-4-14-12(15)3-2-8-20-14/h1-9H,10H2,(H,21,22). The first kappa shape index (κ1) is 15.4. The lowest BCUT2D eigenvalue weighted by Crippen LogP contribution is -2.20. The van der Waals surface area contributed by atoms with Crippen molar-refractivity contribution < 1.29 is 13.9 Å². The Bertz CT molecular complexity index is 865. The van der Waals surface area contributed by atoms with Crippen LogP contribution in [0.4, 0.5) is 10.1 Å². The SMILES string of the molecule is O=C(COc1ccc(F)cc1Br)Nc1cccc2ncccc12. The highest BCUT2D eigenvalue weighted by atomic mass is 79.9. The van der Waals surface area contributed by atoms with Crippen LogP contribution in [0.2, 0.25) is 0 Å². The molecule has 3 aromatic rings. The number of carbonyl (C=O) groups is 1. The zero-order valence-corrected chi connectivity index (χ0v) is 13.5. The van der Waals surface area contributed by atoms with Crippen LogP contribution in [0.3, 0.4) is 0 Å². The molecular formula is C17H12BrFN2O2. The zero-order chi connectivity index (χ0) is 16.2. The number of aromatic nitrogens is 1. The van der Waals surface area contributed by atoms with Crippen LogP contribution in [0.1, 0.15) is 0 Å². The Morgan fingerprint density at radius 3 is 2.91 bits per heavy atom. The third-order valence-corrected chi connectivity index (χ3v) is 3.79. The fourth-order valence-corrected chi connectivity index (χ4v) is 2.60. The van der Waals surface area contributed by atoms with Gasteiger partial charge in [-0.1, -0.05) is 6.07 Å². The average molecular weight is 375 g/mol. The summed E-state index contributed by atoms with van der Waals surface area (Å²) < 4.78 is 18.9. The Kier molecular flexibility index (Phi) is 4.52. The molecule has 1 heterocycles. The minimum Gasteiger partial charge on any atom is -0.483 e. The van der Waals surface area contributed by atoms with E-state index >= 15 is 0 Å². The number of nitrogens with one attached hydrogen (secondary N) is 1. The van der Waals surface area contributed by atoms with Gasteiger partial charge >= 0.3 is 0 Å². The number of hydrogen-bond acceptors (Lipinski definition) is 3. The van der Waals surface area contributed by atoms with E-state index in [-0.39, 0.29) is 18.3 Å². The number of benzene rings is 2. The van der Waals surface area contributed by atoms with Crippen molar-refractivity contribution in [2.45, 2.75) is 0 Å². The Hall–Kier alpha value is -2.47. The van der Waals surface area contributed by atoms with Crippen LogP contribution in [0.15, 0.2) is 59.2 Å². The van der Waals surface area contributed by atoms with Crippen LogP contribution in [0, 0.1) is 5.82 Å². The Morgan fingerprint density at radius 1 is 1.22 bits per heavy atom. The maximum atomic E-state index is 13.0. The first-order chi connectivity index (χ1) is 11.1. The van der Waals surface area contributed by atoms with E-state index in [0.29, 0.717) is 15.9 Å². The maximum Gasteiger partial charge on any atom is 0.262 e. The van der Waals surface area contributed by atoms with Crippen molar-refractivity contribution in [1.29, 1.82) is 0 Å². The second-order valence-electron chi connectivity index (χ2n) is 4.79. The smallest absolute Gasteiger partial charge is 0.262 e. The highest BCUT2D eigenvalue weighted by molar-refractivity contribution is 9.10. The van der Waals surface area contributed by atoms with Gasteiger partial charge in [-0.25, -0.2) is 4.39 Å². The van der Waals surface area contributed by atoms with Crippen LogP contribution in [-0.4, -0.2) is 17.5 Å². The highest BCUT2D eigenvalue weighted by Crippen LogP contribution is 2.25. The van der Waals surface area contributed by atoms with Crippen molar-refractivity contribution in [3.8, 4) is 5.75 Å². The molecule has 1 aromatic heterocycles. The number of nitrogens with zero attached hydrogens (tertiary/aromatic N) is 1. The van der Waals surface area contributed by atoms with E-state index in [9.17, 15) is 9.18 Å². The second kappa shape index (κ2) is 6.75. The average Bonchev–Trinajstić information content (AvgIpc) is 2.54. The third-order valence-electron chi connectivity index (χ3n) is 3.17. The molecule has 0 aliphatic rings. The molecule has 6 heteroatoms. The number of halogens is 2. The van der Waals surface area contributed by atoms with E-state index in [2.05, 4.69) is 26.2 Å². The number of pyridine rings is 1. The molecule has 0 saturated heterocycles. The Balaban J connectivity index is 1.69. The lowest BCUT2D eigenvalue weighted by atomic mass is 10.2. The predicted octanol–water partition coefficient (Wildman–Crippen LogP) is 4.15. The highest BCUT2D eigenvalue weighted by Gasteiger charge is 2.09. The molecular weight excluding hydrogens is 363 g/mol. The van der Waals surface area contributed by atoms with Gasteiger partial charge in [-0.2, -0.15) is 0 Å². The molecule has 4 nitrogen and oxygen atoms in total. The van der Waals surface area contributed by atoms with E-state index in [4.69, 9.17) is 4.74 Å². The number of hydrogen-bond donors (Lipinski definition) is 1.